The van der Waals surface area contributed by atoms with Gasteiger partial charge in [0.05, 0.1) is 10.0 Å². The van der Waals surface area contributed by atoms with Crippen molar-refractivity contribution in [2.45, 2.75) is 57.6 Å². The molecule has 1 fully saturated rings. The fourth-order valence-corrected chi connectivity index (χ4v) is 3.26. The van der Waals surface area contributed by atoms with Gasteiger partial charge >= 0.3 is 6.61 Å². The van der Waals surface area contributed by atoms with Gasteiger partial charge in [0.25, 0.3) is 0 Å². The van der Waals surface area contributed by atoms with E-state index in [4.69, 9.17) is 23.2 Å². The van der Waals surface area contributed by atoms with Crippen molar-refractivity contribution in [3.05, 3.63) is 22.2 Å². The average molecular weight is 338 g/mol. The van der Waals surface area contributed by atoms with Crippen molar-refractivity contribution in [3.8, 4) is 5.75 Å². The van der Waals surface area contributed by atoms with Crippen LogP contribution < -0.4 is 10.1 Å². The Labute approximate surface area is 133 Å². The highest BCUT2D eigenvalue weighted by molar-refractivity contribution is 6.37. The molecule has 1 aliphatic rings. The van der Waals surface area contributed by atoms with Gasteiger partial charge in [-0.05, 0) is 25.0 Å². The van der Waals surface area contributed by atoms with E-state index in [-0.39, 0.29) is 15.8 Å². The molecule has 0 bridgehead atoms. The van der Waals surface area contributed by atoms with E-state index in [1.54, 1.807) is 12.1 Å². The Morgan fingerprint density at radius 1 is 1.00 bits per heavy atom. The Kier molecular flexibility index (Phi) is 6.37. The average Bonchev–Trinajstić information content (AvgIpc) is 2.37. The van der Waals surface area contributed by atoms with Gasteiger partial charge in [-0.15, -0.1) is 0 Å². The van der Waals surface area contributed by atoms with Gasteiger partial charge in [-0.25, -0.2) is 0 Å². The summed E-state index contributed by atoms with van der Waals surface area (Å²) in [6.45, 7) is -2.94. The van der Waals surface area contributed by atoms with E-state index < -0.39 is 6.61 Å². The molecule has 1 aromatic carbocycles. The summed E-state index contributed by atoms with van der Waals surface area (Å²) in [5.74, 6) is -0.170. The van der Waals surface area contributed by atoms with Gasteiger partial charge < -0.3 is 10.1 Å². The van der Waals surface area contributed by atoms with Crippen LogP contribution in [-0.4, -0.2) is 12.7 Å². The maximum absolute atomic E-state index is 12.3. The van der Waals surface area contributed by atoms with Crippen molar-refractivity contribution in [1.82, 2.24) is 0 Å². The number of benzene rings is 1. The standard InChI is InChI=1S/C15H19Cl2F2NO/c16-12-8-11(9-13(17)14(12)21-15(18)19)20-10-6-4-2-1-3-5-7-10/h8-10,15,20H,1-7H2. The van der Waals surface area contributed by atoms with Crippen molar-refractivity contribution >= 4 is 28.9 Å². The Morgan fingerprint density at radius 2 is 1.52 bits per heavy atom. The summed E-state index contributed by atoms with van der Waals surface area (Å²) in [6.07, 6.45) is 8.44. The van der Waals surface area contributed by atoms with Gasteiger partial charge in [-0.2, -0.15) is 8.78 Å². The summed E-state index contributed by atoms with van der Waals surface area (Å²) in [5, 5.41) is 3.59. The second kappa shape index (κ2) is 8.04. The number of ether oxygens (including phenoxy) is 1. The summed E-state index contributed by atoms with van der Waals surface area (Å²) in [7, 11) is 0. The minimum absolute atomic E-state index is 0.0937. The molecular weight excluding hydrogens is 319 g/mol. The van der Waals surface area contributed by atoms with Crippen molar-refractivity contribution in [1.29, 1.82) is 0 Å². The molecule has 0 spiro atoms. The quantitative estimate of drug-likeness (QED) is 0.714. The fourth-order valence-electron chi connectivity index (χ4n) is 2.68. The molecule has 0 aliphatic heterocycles. The lowest BCUT2D eigenvalue weighted by molar-refractivity contribution is -0.0497. The Balaban J connectivity index is 2.06. The smallest absolute Gasteiger partial charge is 0.387 e. The molecule has 1 N–H and O–H groups in total. The van der Waals surface area contributed by atoms with E-state index in [0.717, 1.165) is 18.5 Å². The van der Waals surface area contributed by atoms with Gasteiger partial charge in [0.2, 0.25) is 0 Å². The third kappa shape index (κ3) is 5.19. The molecule has 1 saturated carbocycles. The predicted molar refractivity (Wildman–Crippen MR) is 82.8 cm³/mol. The molecule has 118 valence electrons. The third-order valence-electron chi connectivity index (χ3n) is 3.68. The van der Waals surface area contributed by atoms with Gasteiger partial charge in [-0.1, -0.05) is 55.3 Å². The van der Waals surface area contributed by atoms with Crippen molar-refractivity contribution in [2.24, 2.45) is 0 Å². The maximum Gasteiger partial charge on any atom is 0.387 e. The van der Waals surface area contributed by atoms with Gasteiger partial charge in [0.1, 0.15) is 0 Å². The van der Waals surface area contributed by atoms with E-state index in [0.29, 0.717) is 6.04 Å². The Bertz CT molecular complexity index is 440. The summed E-state index contributed by atoms with van der Waals surface area (Å²) < 4.78 is 28.9. The Hall–Kier alpha value is -0.740. The summed E-state index contributed by atoms with van der Waals surface area (Å²) in [5.41, 5.74) is 0.747. The number of alkyl halides is 2. The molecule has 2 rings (SSSR count). The summed E-state index contributed by atoms with van der Waals surface area (Å²) in [6, 6.07) is 3.55. The number of hydrogen-bond acceptors (Lipinski definition) is 2. The number of anilines is 1. The van der Waals surface area contributed by atoms with E-state index in [1.165, 1.54) is 32.1 Å². The van der Waals surface area contributed by atoms with E-state index in [9.17, 15) is 8.78 Å². The van der Waals surface area contributed by atoms with Crippen LogP contribution in [0.1, 0.15) is 44.9 Å². The van der Waals surface area contributed by atoms with Gasteiger partial charge in [0.15, 0.2) is 5.75 Å². The minimum Gasteiger partial charge on any atom is -0.432 e. The molecule has 0 saturated heterocycles. The molecule has 0 amide bonds. The third-order valence-corrected chi connectivity index (χ3v) is 4.24. The van der Waals surface area contributed by atoms with E-state index >= 15 is 0 Å². The lowest BCUT2D eigenvalue weighted by atomic mass is 9.96. The first-order valence-corrected chi connectivity index (χ1v) is 8.02. The van der Waals surface area contributed by atoms with E-state index in [2.05, 4.69) is 10.1 Å². The second-order valence-electron chi connectivity index (χ2n) is 5.33. The van der Waals surface area contributed by atoms with Crippen LogP contribution >= 0.6 is 23.2 Å². The molecule has 0 unspecified atom stereocenters. The molecule has 0 heterocycles. The van der Waals surface area contributed by atoms with Gasteiger partial charge in [-0.3, -0.25) is 0 Å². The molecule has 1 aromatic rings. The highest BCUT2D eigenvalue weighted by atomic mass is 35.5. The van der Waals surface area contributed by atoms with Gasteiger partial charge in [0, 0.05) is 11.7 Å². The first-order chi connectivity index (χ1) is 10.1. The molecular formula is C15H19Cl2F2NO. The highest BCUT2D eigenvalue weighted by Crippen LogP contribution is 2.37. The van der Waals surface area contributed by atoms with Crippen LogP contribution in [0.5, 0.6) is 5.75 Å². The minimum atomic E-state index is -2.94. The first-order valence-electron chi connectivity index (χ1n) is 7.26. The van der Waals surface area contributed by atoms with Crippen LogP contribution in [0.15, 0.2) is 12.1 Å². The van der Waals surface area contributed by atoms with Crippen LogP contribution in [0.2, 0.25) is 10.0 Å². The summed E-state index contributed by atoms with van der Waals surface area (Å²) >= 11 is 11.9. The van der Waals surface area contributed by atoms with Crippen LogP contribution in [0, 0.1) is 0 Å². The zero-order chi connectivity index (χ0) is 15.2. The molecule has 0 atom stereocenters. The largest absolute Gasteiger partial charge is 0.432 e. The van der Waals surface area contributed by atoms with Crippen molar-refractivity contribution in [2.75, 3.05) is 5.32 Å². The lowest BCUT2D eigenvalue weighted by Gasteiger charge is -2.22. The summed E-state index contributed by atoms with van der Waals surface area (Å²) in [4.78, 5) is 0. The molecule has 21 heavy (non-hydrogen) atoms. The highest BCUT2D eigenvalue weighted by Gasteiger charge is 2.16. The predicted octanol–water partition coefficient (Wildman–Crippen LogP) is 6.12. The fraction of sp³-hybridized carbons (Fsp3) is 0.600. The van der Waals surface area contributed by atoms with Crippen LogP contribution in [-0.2, 0) is 0 Å². The molecule has 2 nitrogen and oxygen atoms in total. The van der Waals surface area contributed by atoms with Crippen LogP contribution in [0.3, 0.4) is 0 Å². The molecule has 6 heteroatoms. The van der Waals surface area contributed by atoms with Crippen LogP contribution in [0.4, 0.5) is 14.5 Å². The lowest BCUT2D eigenvalue weighted by Crippen LogP contribution is -2.20. The molecule has 0 aromatic heterocycles. The Morgan fingerprint density at radius 3 is 2.05 bits per heavy atom. The molecule has 0 radical (unpaired) electrons. The molecule has 1 aliphatic carbocycles. The number of halogens is 4. The second-order valence-corrected chi connectivity index (χ2v) is 6.15. The number of rotatable bonds is 4. The number of nitrogens with one attached hydrogen (secondary N) is 1. The SMILES string of the molecule is FC(F)Oc1c(Cl)cc(NC2CCCCCCC2)cc1Cl. The topological polar surface area (TPSA) is 21.3 Å². The zero-order valence-corrected chi connectivity index (χ0v) is 13.2. The van der Waals surface area contributed by atoms with Crippen molar-refractivity contribution < 1.29 is 13.5 Å². The maximum atomic E-state index is 12.3. The van der Waals surface area contributed by atoms with Crippen molar-refractivity contribution in [3.63, 3.8) is 0 Å². The van der Waals surface area contributed by atoms with E-state index in [1.807, 2.05) is 0 Å². The number of hydrogen-bond donors (Lipinski definition) is 1. The first kappa shape index (κ1) is 16.6. The monoisotopic (exact) mass is 337 g/mol. The van der Waals surface area contributed by atoms with Crippen LogP contribution in [0.25, 0.3) is 0 Å². The normalized spacial score (nSPS) is 17.4. The zero-order valence-electron chi connectivity index (χ0n) is 11.7.